The average molecular weight is 375 g/mol. The van der Waals surface area contributed by atoms with Crippen molar-refractivity contribution in [3.8, 4) is 11.5 Å². The van der Waals surface area contributed by atoms with E-state index in [2.05, 4.69) is 4.98 Å². The lowest BCUT2D eigenvalue weighted by Gasteiger charge is -2.16. The predicted molar refractivity (Wildman–Crippen MR) is 98.1 cm³/mol. The quantitative estimate of drug-likeness (QED) is 0.607. The normalized spacial score (nSPS) is 11.0. The van der Waals surface area contributed by atoms with Gasteiger partial charge in [-0.3, -0.25) is 0 Å². The molecule has 136 valence electrons. The van der Waals surface area contributed by atoms with Crippen LogP contribution < -0.4 is 9.47 Å². The van der Waals surface area contributed by atoms with Gasteiger partial charge in [-0.05, 0) is 38.1 Å². The molecule has 26 heavy (non-hydrogen) atoms. The lowest BCUT2D eigenvalue weighted by atomic mass is 10.2. The van der Waals surface area contributed by atoms with Crippen LogP contribution in [0.25, 0.3) is 5.65 Å². The number of ether oxygens (including phenoxy) is 3. The van der Waals surface area contributed by atoms with Gasteiger partial charge in [-0.1, -0.05) is 17.7 Å². The summed E-state index contributed by atoms with van der Waals surface area (Å²) in [5, 5.41) is 0.290. The van der Waals surface area contributed by atoms with Crippen molar-refractivity contribution in [3.05, 3.63) is 59.0 Å². The van der Waals surface area contributed by atoms with E-state index in [1.165, 1.54) is 13.2 Å². The van der Waals surface area contributed by atoms with E-state index < -0.39 is 5.97 Å². The fourth-order valence-electron chi connectivity index (χ4n) is 2.47. The Kier molecular flexibility index (Phi) is 5.32. The van der Waals surface area contributed by atoms with Crippen LogP contribution in [0.4, 0.5) is 0 Å². The summed E-state index contributed by atoms with van der Waals surface area (Å²) in [5.74, 6) is 0.269. The first-order valence-corrected chi connectivity index (χ1v) is 8.49. The number of esters is 1. The molecule has 0 saturated heterocycles. The van der Waals surface area contributed by atoms with Gasteiger partial charge >= 0.3 is 5.97 Å². The smallest absolute Gasteiger partial charge is 0.338 e. The molecule has 2 aromatic heterocycles. The van der Waals surface area contributed by atoms with Crippen LogP contribution in [0.5, 0.6) is 11.5 Å². The first-order chi connectivity index (χ1) is 12.5. The largest absolute Gasteiger partial charge is 0.493 e. The molecule has 0 spiro atoms. The van der Waals surface area contributed by atoms with E-state index in [4.69, 9.17) is 25.8 Å². The number of carbonyl (C=O) groups excluding carboxylic acids is 1. The summed E-state index contributed by atoms with van der Waals surface area (Å²) in [6.07, 6.45) is 3.62. The molecule has 0 unspecified atom stereocenters. The van der Waals surface area contributed by atoms with E-state index >= 15 is 0 Å². The fraction of sp³-hybridized carbons (Fsp3) is 0.263. The molecule has 0 radical (unpaired) electrons. The number of carbonyl (C=O) groups is 1. The Hall–Kier alpha value is -2.73. The number of imidazole rings is 1. The van der Waals surface area contributed by atoms with Crippen molar-refractivity contribution >= 4 is 23.2 Å². The third kappa shape index (κ3) is 3.91. The van der Waals surface area contributed by atoms with Crippen molar-refractivity contribution in [2.24, 2.45) is 0 Å². The van der Waals surface area contributed by atoms with Gasteiger partial charge < -0.3 is 18.6 Å². The molecule has 0 aliphatic rings. The lowest BCUT2D eigenvalue weighted by molar-refractivity contribution is 0.0468. The molecule has 0 amide bonds. The van der Waals surface area contributed by atoms with Gasteiger partial charge in [0.15, 0.2) is 11.5 Å². The van der Waals surface area contributed by atoms with E-state index in [0.29, 0.717) is 17.2 Å². The molecule has 3 aromatic rings. The Bertz CT molecular complexity index is 903. The maximum atomic E-state index is 12.4. The van der Waals surface area contributed by atoms with Crippen molar-refractivity contribution in [1.29, 1.82) is 0 Å². The van der Waals surface area contributed by atoms with E-state index in [0.717, 1.165) is 5.65 Å². The summed E-state index contributed by atoms with van der Waals surface area (Å²) < 4.78 is 18.1. The van der Waals surface area contributed by atoms with Crippen LogP contribution in [0.2, 0.25) is 5.02 Å². The van der Waals surface area contributed by atoms with Crippen molar-refractivity contribution in [3.63, 3.8) is 0 Å². The Balaban J connectivity index is 1.75. The van der Waals surface area contributed by atoms with Crippen LogP contribution in [0, 0.1) is 0 Å². The predicted octanol–water partition coefficient (Wildman–Crippen LogP) is 4.14. The molecule has 0 aliphatic heterocycles. The monoisotopic (exact) mass is 374 g/mol. The van der Waals surface area contributed by atoms with Gasteiger partial charge in [0.2, 0.25) is 0 Å². The highest BCUT2D eigenvalue weighted by molar-refractivity contribution is 6.32. The van der Waals surface area contributed by atoms with E-state index in [1.807, 2.05) is 48.8 Å². The number of methoxy groups -OCH3 is 1. The lowest BCUT2D eigenvalue weighted by Crippen LogP contribution is -2.09. The molecule has 1 aromatic carbocycles. The second-order valence-corrected chi connectivity index (χ2v) is 6.34. The van der Waals surface area contributed by atoms with Crippen LogP contribution in [0.3, 0.4) is 0 Å². The summed E-state index contributed by atoms with van der Waals surface area (Å²) in [7, 11) is 1.49. The molecule has 0 aliphatic carbocycles. The third-order valence-corrected chi connectivity index (χ3v) is 3.86. The van der Waals surface area contributed by atoms with Gasteiger partial charge in [-0.25, -0.2) is 9.78 Å². The summed E-state index contributed by atoms with van der Waals surface area (Å²) in [6.45, 7) is 3.82. The molecule has 2 heterocycles. The van der Waals surface area contributed by atoms with Gasteiger partial charge in [-0.15, -0.1) is 0 Å². The number of pyridine rings is 1. The first-order valence-electron chi connectivity index (χ1n) is 8.12. The van der Waals surface area contributed by atoms with Crippen molar-refractivity contribution in [1.82, 2.24) is 9.38 Å². The summed E-state index contributed by atoms with van der Waals surface area (Å²) in [6, 6.07) is 8.74. The highest BCUT2D eigenvalue weighted by atomic mass is 35.5. The number of hydrogen-bond donors (Lipinski definition) is 0. The maximum absolute atomic E-state index is 12.4. The van der Waals surface area contributed by atoms with Gasteiger partial charge in [-0.2, -0.15) is 0 Å². The molecule has 0 N–H and O–H groups in total. The third-order valence-electron chi connectivity index (χ3n) is 3.58. The molecular weight excluding hydrogens is 356 g/mol. The van der Waals surface area contributed by atoms with Crippen molar-refractivity contribution in [2.75, 3.05) is 7.11 Å². The van der Waals surface area contributed by atoms with Gasteiger partial charge in [0.05, 0.1) is 29.5 Å². The number of hydrogen-bond acceptors (Lipinski definition) is 5. The molecule has 0 atom stereocenters. The molecule has 0 bridgehead atoms. The minimum absolute atomic E-state index is 0.0602. The van der Waals surface area contributed by atoms with Gasteiger partial charge in [0, 0.05) is 12.4 Å². The Morgan fingerprint density at radius 2 is 2.12 bits per heavy atom. The topological polar surface area (TPSA) is 62.1 Å². The Labute approximate surface area is 156 Å². The van der Waals surface area contributed by atoms with Crippen molar-refractivity contribution in [2.45, 2.75) is 26.6 Å². The number of aromatic nitrogens is 2. The molecule has 6 nitrogen and oxygen atoms in total. The number of halogens is 1. The number of benzene rings is 1. The van der Waals surface area contributed by atoms with E-state index in [1.54, 1.807) is 6.07 Å². The van der Waals surface area contributed by atoms with Crippen LogP contribution in [0.1, 0.15) is 29.9 Å². The summed E-state index contributed by atoms with van der Waals surface area (Å²) in [4.78, 5) is 16.8. The average Bonchev–Trinajstić information content (AvgIpc) is 3.03. The van der Waals surface area contributed by atoms with Crippen LogP contribution in [0.15, 0.2) is 42.7 Å². The Morgan fingerprint density at radius 1 is 1.31 bits per heavy atom. The number of fused-ring (bicyclic) bond motifs is 1. The summed E-state index contributed by atoms with van der Waals surface area (Å²) in [5.41, 5.74) is 1.73. The zero-order chi connectivity index (χ0) is 18.7. The number of rotatable bonds is 6. The second-order valence-electron chi connectivity index (χ2n) is 5.93. The fourth-order valence-corrected chi connectivity index (χ4v) is 2.72. The second kappa shape index (κ2) is 7.66. The molecular formula is C19H19ClN2O4. The highest BCUT2D eigenvalue weighted by Gasteiger charge is 2.18. The Morgan fingerprint density at radius 3 is 2.81 bits per heavy atom. The minimum Gasteiger partial charge on any atom is -0.493 e. The first kappa shape index (κ1) is 18.1. The van der Waals surface area contributed by atoms with E-state index in [-0.39, 0.29) is 23.3 Å². The van der Waals surface area contributed by atoms with Gasteiger partial charge in [0.25, 0.3) is 0 Å². The number of nitrogens with zero attached hydrogens (tertiary/aromatic N) is 2. The highest BCUT2D eigenvalue weighted by Crippen LogP contribution is 2.37. The SMILES string of the molecule is COc1cc(C(=O)OCc2cn3ccccc3n2)cc(Cl)c1OC(C)C. The van der Waals surface area contributed by atoms with Crippen LogP contribution >= 0.6 is 11.6 Å². The molecule has 0 saturated carbocycles. The summed E-state index contributed by atoms with van der Waals surface area (Å²) >= 11 is 6.24. The van der Waals surface area contributed by atoms with Gasteiger partial charge in [0.1, 0.15) is 12.3 Å². The zero-order valence-electron chi connectivity index (χ0n) is 14.7. The van der Waals surface area contributed by atoms with Crippen LogP contribution in [-0.4, -0.2) is 28.6 Å². The molecule has 3 rings (SSSR count). The molecule has 7 heteroatoms. The standard InChI is InChI=1S/C19H19ClN2O4/c1-12(2)26-18-15(20)8-13(9-16(18)24-3)19(23)25-11-14-10-22-7-5-4-6-17(22)21-14/h4-10,12H,11H2,1-3H3. The van der Waals surface area contributed by atoms with Crippen LogP contribution in [-0.2, 0) is 11.3 Å². The molecule has 0 fully saturated rings. The van der Waals surface area contributed by atoms with Crippen molar-refractivity contribution < 1.29 is 19.0 Å². The zero-order valence-corrected chi connectivity index (χ0v) is 15.5. The minimum atomic E-state index is -0.515. The maximum Gasteiger partial charge on any atom is 0.338 e. The van der Waals surface area contributed by atoms with E-state index in [9.17, 15) is 4.79 Å².